The summed E-state index contributed by atoms with van der Waals surface area (Å²) in [5.41, 5.74) is 1.36. The topological polar surface area (TPSA) is 86.5 Å². The molecule has 102 valence electrons. The van der Waals surface area contributed by atoms with Crippen molar-refractivity contribution in [3.05, 3.63) is 35.1 Å². The summed E-state index contributed by atoms with van der Waals surface area (Å²) < 4.78 is 0. The van der Waals surface area contributed by atoms with Gasteiger partial charge in [0.2, 0.25) is 17.2 Å². The normalized spacial score (nSPS) is 9.85. The highest BCUT2D eigenvalue weighted by atomic mass is 35.5. The highest BCUT2D eigenvalue weighted by molar-refractivity contribution is 6.28. The van der Waals surface area contributed by atoms with Crippen LogP contribution in [-0.4, -0.2) is 21.5 Å². The Labute approximate surface area is 121 Å². The second-order valence-electron chi connectivity index (χ2n) is 3.99. The SMILES string of the molecule is CCCNc1nc(Cl)nc(Nc2ccc(C#N)cc2)n1. The zero-order chi connectivity index (χ0) is 14.4. The van der Waals surface area contributed by atoms with E-state index in [1.165, 1.54) is 0 Å². The predicted molar refractivity (Wildman–Crippen MR) is 78.1 cm³/mol. The lowest BCUT2D eigenvalue weighted by Gasteiger charge is -2.07. The molecule has 0 amide bonds. The van der Waals surface area contributed by atoms with Crippen LogP contribution in [0.5, 0.6) is 0 Å². The molecule has 0 saturated carbocycles. The monoisotopic (exact) mass is 288 g/mol. The Kier molecular flexibility index (Phi) is 4.69. The number of nitrogens with zero attached hydrogens (tertiary/aromatic N) is 4. The van der Waals surface area contributed by atoms with E-state index in [0.29, 0.717) is 17.5 Å². The lowest BCUT2D eigenvalue weighted by molar-refractivity contribution is 0.940. The van der Waals surface area contributed by atoms with Gasteiger partial charge in [0.1, 0.15) is 0 Å². The van der Waals surface area contributed by atoms with Crippen molar-refractivity contribution in [3.63, 3.8) is 0 Å². The number of hydrogen-bond donors (Lipinski definition) is 2. The van der Waals surface area contributed by atoms with Crippen molar-refractivity contribution in [2.45, 2.75) is 13.3 Å². The minimum absolute atomic E-state index is 0.120. The average Bonchev–Trinajstić information content (AvgIpc) is 2.45. The van der Waals surface area contributed by atoms with E-state index in [4.69, 9.17) is 16.9 Å². The van der Waals surface area contributed by atoms with E-state index in [1.807, 2.05) is 6.92 Å². The summed E-state index contributed by atoms with van der Waals surface area (Å²) in [6.07, 6.45) is 0.960. The van der Waals surface area contributed by atoms with Gasteiger partial charge in [-0.2, -0.15) is 20.2 Å². The first-order chi connectivity index (χ1) is 9.71. The molecule has 20 heavy (non-hydrogen) atoms. The highest BCUT2D eigenvalue weighted by Gasteiger charge is 2.05. The Morgan fingerprint density at radius 2 is 1.85 bits per heavy atom. The standard InChI is InChI=1S/C13H13ClN6/c1-2-7-16-12-18-11(14)19-13(20-12)17-10-5-3-9(8-15)4-6-10/h3-6H,2,7H2,1H3,(H2,16,17,18,19,20). The Morgan fingerprint density at radius 1 is 1.15 bits per heavy atom. The molecule has 1 heterocycles. The quantitative estimate of drug-likeness (QED) is 0.879. The van der Waals surface area contributed by atoms with Gasteiger partial charge in [0.05, 0.1) is 11.6 Å². The molecule has 0 fully saturated rings. The summed E-state index contributed by atoms with van der Waals surface area (Å²) in [5.74, 6) is 0.788. The fraction of sp³-hybridized carbons (Fsp3) is 0.231. The lowest BCUT2D eigenvalue weighted by atomic mass is 10.2. The van der Waals surface area contributed by atoms with E-state index >= 15 is 0 Å². The third-order valence-corrected chi connectivity index (χ3v) is 2.58. The number of benzene rings is 1. The molecule has 0 unspecified atom stereocenters. The van der Waals surface area contributed by atoms with Gasteiger partial charge in [0.25, 0.3) is 0 Å². The summed E-state index contributed by atoms with van der Waals surface area (Å²) in [5, 5.41) is 14.9. The number of hydrogen-bond acceptors (Lipinski definition) is 6. The molecule has 0 radical (unpaired) electrons. The first kappa shape index (κ1) is 14.0. The minimum atomic E-state index is 0.120. The van der Waals surface area contributed by atoms with Crippen LogP contribution in [0.15, 0.2) is 24.3 Å². The lowest BCUT2D eigenvalue weighted by Crippen LogP contribution is -2.07. The fourth-order valence-electron chi connectivity index (χ4n) is 1.48. The van der Waals surface area contributed by atoms with Crippen molar-refractivity contribution in [3.8, 4) is 6.07 Å². The molecule has 2 rings (SSSR count). The Morgan fingerprint density at radius 3 is 2.50 bits per heavy atom. The Bertz CT molecular complexity index is 620. The Balaban J connectivity index is 2.15. The van der Waals surface area contributed by atoms with Gasteiger partial charge in [0, 0.05) is 12.2 Å². The predicted octanol–water partition coefficient (Wildman–Crippen LogP) is 2.96. The van der Waals surface area contributed by atoms with Gasteiger partial charge >= 0.3 is 0 Å². The van der Waals surface area contributed by atoms with Gasteiger partial charge in [-0.05, 0) is 42.3 Å². The smallest absolute Gasteiger partial charge is 0.233 e. The molecule has 0 aliphatic rings. The van der Waals surface area contributed by atoms with Gasteiger partial charge in [-0.3, -0.25) is 0 Å². The second kappa shape index (κ2) is 6.68. The summed E-state index contributed by atoms with van der Waals surface area (Å²) in [6.45, 7) is 2.81. The average molecular weight is 289 g/mol. The zero-order valence-corrected chi connectivity index (χ0v) is 11.6. The number of nitriles is 1. The molecule has 0 atom stereocenters. The van der Waals surface area contributed by atoms with Crippen LogP contribution in [0.3, 0.4) is 0 Å². The van der Waals surface area contributed by atoms with Gasteiger partial charge in [-0.15, -0.1) is 0 Å². The number of anilines is 3. The third-order valence-electron chi connectivity index (χ3n) is 2.41. The maximum absolute atomic E-state index is 8.74. The summed E-state index contributed by atoms with van der Waals surface area (Å²) in [4.78, 5) is 12.2. The van der Waals surface area contributed by atoms with Crippen molar-refractivity contribution < 1.29 is 0 Å². The van der Waals surface area contributed by atoms with Gasteiger partial charge in [-0.1, -0.05) is 6.92 Å². The van der Waals surface area contributed by atoms with E-state index in [2.05, 4.69) is 31.7 Å². The van der Waals surface area contributed by atoms with E-state index in [9.17, 15) is 0 Å². The molecule has 7 heteroatoms. The van der Waals surface area contributed by atoms with Gasteiger partial charge in [-0.25, -0.2) is 0 Å². The maximum atomic E-state index is 8.74. The molecule has 2 N–H and O–H groups in total. The summed E-state index contributed by atoms with van der Waals surface area (Å²) in [6, 6.07) is 9.03. The first-order valence-corrected chi connectivity index (χ1v) is 6.51. The summed E-state index contributed by atoms with van der Waals surface area (Å²) >= 11 is 5.86. The van der Waals surface area contributed by atoms with Crippen LogP contribution in [0.4, 0.5) is 17.6 Å². The number of rotatable bonds is 5. The fourth-order valence-corrected chi connectivity index (χ4v) is 1.64. The minimum Gasteiger partial charge on any atom is -0.354 e. The second-order valence-corrected chi connectivity index (χ2v) is 4.33. The van der Waals surface area contributed by atoms with Crippen LogP contribution in [0.25, 0.3) is 0 Å². The highest BCUT2D eigenvalue weighted by Crippen LogP contribution is 2.16. The molecular formula is C13H13ClN6. The van der Waals surface area contributed by atoms with Crippen LogP contribution >= 0.6 is 11.6 Å². The van der Waals surface area contributed by atoms with Crippen molar-refractivity contribution in [1.29, 1.82) is 5.26 Å². The van der Waals surface area contributed by atoms with E-state index < -0.39 is 0 Å². The number of nitrogens with one attached hydrogen (secondary N) is 2. The molecule has 0 saturated heterocycles. The zero-order valence-electron chi connectivity index (χ0n) is 10.9. The van der Waals surface area contributed by atoms with Crippen LogP contribution < -0.4 is 10.6 Å². The van der Waals surface area contributed by atoms with Crippen molar-refractivity contribution in [2.24, 2.45) is 0 Å². The van der Waals surface area contributed by atoms with Crippen LogP contribution in [-0.2, 0) is 0 Å². The van der Waals surface area contributed by atoms with E-state index in [1.54, 1.807) is 24.3 Å². The number of halogens is 1. The van der Waals surface area contributed by atoms with Crippen LogP contribution in [0.2, 0.25) is 5.28 Å². The maximum Gasteiger partial charge on any atom is 0.233 e. The van der Waals surface area contributed by atoms with Crippen LogP contribution in [0, 0.1) is 11.3 Å². The van der Waals surface area contributed by atoms with Crippen LogP contribution in [0.1, 0.15) is 18.9 Å². The molecular weight excluding hydrogens is 276 g/mol. The molecule has 0 aliphatic carbocycles. The molecule has 1 aromatic carbocycles. The Hall–Kier alpha value is -2.39. The van der Waals surface area contributed by atoms with Gasteiger partial charge in [0.15, 0.2) is 0 Å². The number of aromatic nitrogens is 3. The van der Waals surface area contributed by atoms with Crippen molar-refractivity contribution >= 4 is 29.2 Å². The molecule has 6 nitrogen and oxygen atoms in total. The van der Waals surface area contributed by atoms with E-state index in [0.717, 1.165) is 18.7 Å². The molecule has 0 bridgehead atoms. The first-order valence-electron chi connectivity index (χ1n) is 6.14. The van der Waals surface area contributed by atoms with E-state index in [-0.39, 0.29) is 5.28 Å². The van der Waals surface area contributed by atoms with Gasteiger partial charge < -0.3 is 10.6 Å². The summed E-state index contributed by atoms with van der Waals surface area (Å²) in [7, 11) is 0. The largest absolute Gasteiger partial charge is 0.354 e. The third kappa shape index (κ3) is 3.80. The molecule has 2 aromatic rings. The van der Waals surface area contributed by atoms with Crippen molar-refractivity contribution in [2.75, 3.05) is 17.2 Å². The van der Waals surface area contributed by atoms with Crippen molar-refractivity contribution in [1.82, 2.24) is 15.0 Å². The molecule has 0 aliphatic heterocycles. The molecule has 0 spiro atoms. The molecule has 1 aromatic heterocycles.